The molecule has 3 nitrogen and oxygen atoms in total. The van der Waals surface area contributed by atoms with Crippen LogP contribution in [-0.2, 0) is 6.54 Å². The first-order chi connectivity index (χ1) is 14.4. The van der Waals surface area contributed by atoms with E-state index in [2.05, 4.69) is 56.1 Å². The molecule has 1 unspecified atom stereocenters. The van der Waals surface area contributed by atoms with Crippen LogP contribution in [0, 0.1) is 0 Å². The lowest BCUT2D eigenvalue weighted by Crippen LogP contribution is -2.28. The van der Waals surface area contributed by atoms with Crippen molar-refractivity contribution in [1.82, 2.24) is 9.62 Å². The Labute approximate surface area is 182 Å². The Morgan fingerprint density at radius 1 is 1.10 bits per heavy atom. The van der Waals surface area contributed by atoms with Gasteiger partial charge >= 0.3 is 6.36 Å². The van der Waals surface area contributed by atoms with E-state index >= 15 is 0 Å². The van der Waals surface area contributed by atoms with Crippen LogP contribution in [0.3, 0.4) is 0 Å². The molecule has 3 aromatic rings. The standard InChI is InChI=1S/C22H21F3N2OS2/c23-22(24,25)28-19-3-1-4-20(13-19)30-26-18-10-11-27(15-18)14-16-6-8-17(9-7-16)21-5-2-12-29-21/h1-9,12-13,18,26H,10-11,14-15H2. The van der Waals surface area contributed by atoms with E-state index in [4.69, 9.17) is 0 Å². The van der Waals surface area contributed by atoms with Crippen molar-refractivity contribution in [3.8, 4) is 16.2 Å². The van der Waals surface area contributed by atoms with Crippen LogP contribution in [0.2, 0.25) is 0 Å². The molecule has 4 rings (SSSR count). The van der Waals surface area contributed by atoms with Crippen molar-refractivity contribution in [2.75, 3.05) is 13.1 Å². The number of likely N-dealkylation sites (tertiary alicyclic amines) is 1. The minimum atomic E-state index is -4.68. The van der Waals surface area contributed by atoms with Gasteiger partial charge in [0.05, 0.1) is 0 Å². The number of hydrogen-bond acceptors (Lipinski definition) is 5. The van der Waals surface area contributed by atoms with Crippen LogP contribution in [0.1, 0.15) is 12.0 Å². The fourth-order valence-corrected chi connectivity index (χ4v) is 4.98. The molecule has 158 valence electrons. The predicted octanol–water partition coefficient (Wildman–Crippen LogP) is 6.18. The van der Waals surface area contributed by atoms with Gasteiger partial charge in [0.15, 0.2) is 0 Å². The topological polar surface area (TPSA) is 24.5 Å². The number of rotatable bonds is 7. The monoisotopic (exact) mass is 450 g/mol. The Bertz CT molecular complexity index is 946. The summed E-state index contributed by atoms with van der Waals surface area (Å²) in [4.78, 5) is 4.36. The minimum absolute atomic E-state index is 0.201. The lowest BCUT2D eigenvalue weighted by atomic mass is 10.1. The van der Waals surface area contributed by atoms with Gasteiger partial charge in [-0.05, 0) is 59.1 Å². The van der Waals surface area contributed by atoms with E-state index in [1.54, 1.807) is 23.5 Å². The summed E-state index contributed by atoms with van der Waals surface area (Å²) >= 11 is 3.08. The van der Waals surface area contributed by atoms with Crippen LogP contribution in [0.5, 0.6) is 5.75 Å². The van der Waals surface area contributed by atoms with Gasteiger partial charge < -0.3 is 4.74 Å². The van der Waals surface area contributed by atoms with Crippen molar-refractivity contribution in [3.63, 3.8) is 0 Å². The van der Waals surface area contributed by atoms with Gasteiger partial charge in [0.2, 0.25) is 0 Å². The molecule has 1 fully saturated rings. The molecule has 0 radical (unpaired) electrons. The number of nitrogens with zero attached hydrogens (tertiary/aromatic N) is 1. The van der Waals surface area contributed by atoms with Crippen molar-refractivity contribution < 1.29 is 17.9 Å². The maximum absolute atomic E-state index is 12.4. The van der Waals surface area contributed by atoms with Gasteiger partial charge in [-0.2, -0.15) is 0 Å². The second kappa shape index (κ2) is 9.43. The third-order valence-electron chi connectivity index (χ3n) is 4.82. The summed E-state index contributed by atoms with van der Waals surface area (Å²) in [5.74, 6) is -0.201. The summed E-state index contributed by atoms with van der Waals surface area (Å²) in [6, 6.07) is 19.2. The number of alkyl halides is 3. The number of hydrogen-bond donors (Lipinski definition) is 1. The molecule has 0 bridgehead atoms. The van der Waals surface area contributed by atoms with Gasteiger partial charge in [-0.15, -0.1) is 24.5 Å². The molecule has 0 spiro atoms. The van der Waals surface area contributed by atoms with E-state index in [0.29, 0.717) is 4.90 Å². The molecule has 1 aliphatic rings. The summed E-state index contributed by atoms with van der Waals surface area (Å²) in [5, 5.41) is 2.08. The van der Waals surface area contributed by atoms with E-state index in [1.807, 2.05) is 0 Å². The first-order valence-electron chi connectivity index (χ1n) is 9.58. The van der Waals surface area contributed by atoms with Crippen LogP contribution >= 0.6 is 23.3 Å². The molecule has 1 aliphatic heterocycles. The highest BCUT2D eigenvalue weighted by Crippen LogP contribution is 2.28. The van der Waals surface area contributed by atoms with Crippen LogP contribution in [0.25, 0.3) is 10.4 Å². The quantitative estimate of drug-likeness (QED) is 0.434. The number of thiophene rings is 1. The number of ether oxygens (including phenoxy) is 1. The summed E-state index contributed by atoms with van der Waals surface area (Å²) in [6.45, 7) is 2.78. The first kappa shape index (κ1) is 21.2. The molecule has 8 heteroatoms. The Hall–Kier alpha value is -2.00. The maximum atomic E-state index is 12.4. The molecule has 1 saturated heterocycles. The van der Waals surface area contributed by atoms with E-state index in [9.17, 15) is 13.2 Å². The normalized spacial score (nSPS) is 17.4. The summed E-state index contributed by atoms with van der Waals surface area (Å²) < 4.78 is 44.5. The number of halogens is 3. The highest BCUT2D eigenvalue weighted by atomic mass is 32.2. The van der Waals surface area contributed by atoms with Crippen molar-refractivity contribution in [2.45, 2.75) is 30.3 Å². The third kappa shape index (κ3) is 6.01. The van der Waals surface area contributed by atoms with Gasteiger partial charge in [0.25, 0.3) is 0 Å². The predicted molar refractivity (Wildman–Crippen MR) is 116 cm³/mol. The van der Waals surface area contributed by atoms with E-state index < -0.39 is 6.36 Å². The molecule has 2 heterocycles. The largest absolute Gasteiger partial charge is 0.573 e. The zero-order valence-electron chi connectivity index (χ0n) is 16.1. The molecule has 0 saturated carbocycles. The minimum Gasteiger partial charge on any atom is -0.406 e. The average molecular weight is 451 g/mol. The number of benzene rings is 2. The Morgan fingerprint density at radius 3 is 2.67 bits per heavy atom. The van der Waals surface area contributed by atoms with Crippen molar-refractivity contribution in [3.05, 3.63) is 71.6 Å². The maximum Gasteiger partial charge on any atom is 0.573 e. The van der Waals surface area contributed by atoms with Gasteiger partial charge in [0.1, 0.15) is 5.75 Å². The molecule has 1 atom stereocenters. The summed E-state index contributed by atoms with van der Waals surface area (Å²) in [6.07, 6.45) is -3.68. The van der Waals surface area contributed by atoms with E-state index in [0.717, 1.165) is 26.1 Å². The summed E-state index contributed by atoms with van der Waals surface area (Å²) in [7, 11) is 0. The highest BCUT2D eigenvalue weighted by Gasteiger charge is 2.31. The molecular weight excluding hydrogens is 429 g/mol. The van der Waals surface area contributed by atoms with Crippen LogP contribution in [0.15, 0.2) is 70.9 Å². The van der Waals surface area contributed by atoms with Crippen LogP contribution < -0.4 is 9.46 Å². The summed E-state index contributed by atoms with van der Waals surface area (Å²) in [5.41, 5.74) is 2.52. The van der Waals surface area contributed by atoms with Crippen molar-refractivity contribution in [1.29, 1.82) is 0 Å². The van der Waals surface area contributed by atoms with E-state index in [1.165, 1.54) is 40.1 Å². The average Bonchev–Trinajstić information content (AvgIpc) is 3.38. The number of nitrogens with one attached hydrogen (secondary N) is 1. The second-order valence-corrected chi connectivity index (χ2v) is 9.00. The smallest absolute Gasteiger partial charge is 0.406 e. The molecule has 1 N–H and O–H groups in total. The van der Waals surface area contributed by atoms with E-state index in [-0.39, 0.29) is 11.8 Å². The lowest BCUT2D eigenvalue weighted by molar-refractivity contribution is -0.274. The van der Waals surface area contributed by atoms with Gasteiger partial charge in [0, 0.05) is 35.4 Å². The Kier molecular flexibility index (Phi) is 6.67. The van der Waals surface area contributed by atoms with Gasteiger partial charge in [-0.25, -0.2) is 0 Å². The van der Waals surface area contributed by atoms with Gasteiger partial charge in [-0.1, -0.05) is 36.4 Å². The molecule has 30 heavy (non-hydrogen) atoms. The van der Waals surface area contributed by atoms with Crippen molar-refractivity contribution >= 4 is 23.3 Å². The highest BCUT2D eigenvalue weighted by molar-refractivity contribution is 7.97. The zero-order chi connectivity index (χ0) is 21.0. The van der Waals surface area contributed by atoms with Crippen LogP contribution in [-0.4, -0.2) is 30.4 Å². The Balaban J connectivity index is 1.25. The fourth-order valence-electron chi connectivity index (χ4n) is 3.43. The Morgan fingerprint density at radius 2 is 1.93 bits per heavy atom. The molecule has 0 amide bonds. The molecule has 1 aromatic heterocycles. The molecule has 2 aromatic carbocycles. The van der Waals surface area contributed by atoms with Crippen LogP contribution in [0.4, 0.5) is 13.2 Å². The molecule has 0 aliphatic carbocycles. The lowest BCUT2D eigenvalue weighted by Gasteiger charge is -2.17. The first-order valence-corrected chi connectivity index (χ1v) is 11.3. The van der Waals surface area contributed by atoms with Gasteiger partial charge in [-0.3, -0.25) is 9.62 Å². The fraction of sp³-hybridized carbons (Fsp3) is 0.273. The zero-order valence-corrected chi connectivity index (χ0v) is 17.7. The van der Waals surface area contributed by atoms with Crippen molar-refractivity contribution in [2.24, 2.45) is 0 Å². The second-order valence-electron chi connectivity index (χ2n) is 7.14. The molecular formula is C22H21F3N2OS2. The SMILES string of the molecule is FC(F)(F)Oc1cccc(SNC2CCN(Cc3ccc(-c4cccs4)cc3)C2)c1. The third-order valence-corrected chi connectivity index (χ3v) is 6.68.